The second-order valence-corrected chi connectivity index (χ2v) is 6.50. The molecule has 0 aliphatic heterocycles. The van der Waals surface area contributed by atoms with Gasteiger partial charge < -0.3 is 5.73 Å². The van der Waals surface area contributed by atoms with Crippen LogP contribution in [0.3, 0.4) is 0 Å². The van der Waals surface area contributed by atoms with Crippen LogP contribution in [-0.2, 0) is 6.54 Å². The lowest BCUT2D eigenvalue weighted by atomic mass is 10.0. The van der Waals surface area contributed by atoms with Gasteiger partial charge in [0.2, 0.25) is 0 Å². The summed E-state index contributed by atoms with van der Waals surface area (Å²) in [7, 11) is 4.48. The van der Waals surface area contributed by atoms with Crippen molar-refractivity contribution in [2.75, 3.05) is 19.8 Å². The monoisotopic (exact) mass is 303 g/mol. The summed E-state index contributed by atoms with van der Waals surface area (Å²) in [6.45, 7) is 0.964. The molecule has 23 heavy (non-hydrogen) atoms. The van der Waals surface area contributed by atoms with Crippen LogP contribution in [0.15, 0.2) is 78.9 Å². The third-order valence-electron chi connectivity index (χ3n) is 4.23. The summed E-state index contributed by atoms with van der Waals surface area (Å²) in [6.07, 6.45) is 0. The summed E-state index contributed by atoms with van der Waals surface area (Å²) in [6, 6.07) is 27.4. The number of hydrogen-bond acceptors (Lipinski definition) is 1. The topological polar surface area (TPSA) is 26.0 Å². The number of nitrogens with zero attached hydrogens (tertiary/aromatic N) is 1. The van der Waals surface area contributed by atoms with Gasteiger partial charge in [-0.2, -0.15) is 0 Å². The van der Waals surface area contributed by atoms with Crippen LogP contribution in [0.4, 0.5) is 11.4 Å². The Kier molecular flexibility index (Phi) is 4.18. The van der Waals surface area contributed by atoms with Crippen LogP contribution in [0.1, 0.15) is 5.56 Å². The zero-order chi connectivity index (χ0) is 16.3. The smallest absolute Gasteiger partial charge is 0.132 e. The molecule has 0 unspecified atom stereocenters. The highest BCUT2D eigenvalue weighted by atomic mass is 15.3. The normalized spacial score (nSPS) is 11.4. The van der Waals surface area contributed by atoms with Gasteiger partial charge in [-0.15, -0.1) is 0 Å². The van der Waals surface area contributed by atoms with Crippen LogP contribution in [0.2, 0.25) is 0 Å². The molecule has 0 aliphatic carbocycles. The van der Waals surface area contributed by atoms with Crippen molar-refractivity contribution in [3.63, 3.8) is 0 Å². The second kappa shape index (κ2) is 6.27. The number of quaternary nitrogens is 1. The molecular formula is C21H23N2+. The van der Waals surface area contributed by atoms with Gasteiger partial charge in [0.15, 0.2) is 0 Å². The molecular weight excluding hydrogens is 280 g/mol. The predicted molar refractivity (Wildman–Crippen MR) is 100 cm³/mol. The van der Waals surface area contributed by atoms with Crippen molar-refractivity contribution in [3.05, 3.63) is 84.4 Å². The third-order valence-corrected chi connectivity index (χ3v) is 4.23. The van der Waals surface area contributed by atoms with Crippen LogP contribution >= 0.6 is 0 Å². The van der Waals surface area contributed by atoms with Crippen molar-refractivity contribution in [1.29, 1.82) is 0 Å². The molecule has 0 saturated heterocycles. The molecule has 0 spiro atoms. The van der Waals surface area contributed by atoms with Crippen molar-refractivity contribution in [2.45, 2.75) is 6.54 Å². The van der Waals surface area contributed by atoms with E-state index in [1.54, 1.807) is 0 Å². The Morgan fingerprint density at radius 1 is 0.696 bits per heavy atom. The summed E-state index contributed by atoms with van der Waals surface area (Å²) in [5, 5.41) is 0. The van der Waals surface area contributed by atoms with Crippen molar-refractivity contribution >= 4 is 11.4 Å². The largest absolute Gasteiger partial charge is 0.399 e. The molecule has 0 radical (unpaired) electrons. The number of anilines is 1. The molecule has 0 bridgehead atoms. The Bertz CT molecular complexity index is 757. The quantitative estimate of drug-likeness (QED) is 0.548. The summed E-state index contributed by atoms with van der Waals surface area (Å²) >= 11 is 0. The van der Waals surface area contributed by atoms with Crippen LogP contribution in [0.25, 0.3) is 11.1 Å². The van der Waals surface area contributed by atoms with E-state index in [9.17, 15) is 0 Å². The van der Waals surface area contributed by atoms with E-state index < -0.39 is 0 Å². The second-order valence-electron chi connectivity index (χ2n) is 6.50. The van der Waals surface area contributed by atoms with Gasteiger partial charge in [0.1, 0.15) is 12.2 Å². The van der Waals surface area contributed by atoms with E-state index >= 15 is 0 Å². The van der Waals surface area contributed by atoms with Crippen LogP contribution in [0.5, 0.6) is 0 Å². The number of nitrogens with two attached hydrogens (primary N) is 1. The van der Waals surface area contributed by atoms with Crippen LogP contribution in [-0.4, -0.2) is 14.1 Å². The molecule has 0 aliphatic rings. The molecule has 2 N–H and O–H groups in total. The van der Waals surface area contributed by atoms with E-state index in [4.69, 9.17) is 5.73 Å². The van der Waals surface area contributed by atoms with Gasteiger partial charge in [0, 0.05) is 11.3 Å². The fourth-order valence-electron chi connectivity index (χ4n) is 2.86. The van der Waals surface area contributed by atoms with E-state index in [1.807, 2.05) is 12.1 Å². The zero-order valence-corrected chi connectivity index (χ0v) is 13.7. The van der Waals surface area contributed by atoms with Gasteiger partial charge in [-0.1, -0.05) is 54.6 Å². The Balaban J connectivity index is 1.79. The van der Waals surface area contributed by atoms with Gasteiger partial charge in [0.25, 0.3) is 0 Å². The molecule has 2 heteroatoms. The molecule has 116 valence electrons. The lowest BCUT2D eigenvalue weighted by Gasteiger charge is -2.29. The number of benzene rings is 3. The highest BCUT2D eigenvalue weighted by Crippen LogP contribution is 2.24. The molecule has 0 fully saturated rings. The molecule has 3 rings (SSSR count). The Morgan fingerprint density at radius 2 is 1.22 bits per heavy atom. The number of para-hydroxylation sites is 1. The maximum Gasteiger partial charge on any atom is 0.132 e. The summed E-state index contributed by atoms with van der Waals surface area (Å²) < 4.78 is 0.835. The number of hydrogen-bond donors (Lipinski definition) is 1. The fourth-order valence-corrected chi connectivity index (χ4v) is 2.86. The minimum atomic E-state index is 0.798. The van der Waals surface area contributed by atoms with Crippen molar-refractivity contribution < 1.29 is 0 Å². The first kappa shape index (κ1) is 15.3. The van der Waals surface area contributed by atoms with E-state index in [0.717, 1.165) is 16.7 Å². The maximum absolute atomic E-state index is 5.75. The van der Waals surface area contributed by atoms with E-state index in [-0.39, 0.29) is 0 Å². The van der Waals surface area contributed by atoms with E-state index in [1.165, 1.54) is 22.4 Å². The van der Waals surface area contributed by atoms with E-state index in [0.29, 0.717) is 0 Å². The fraction of sp³-hybridized carbons (Fsp3) is 0.143. The molecule has 3 aromatic rings. The van der Waals surface area contributed by atoms with Gasteiger partial charge in [-0.25, -0.2) is 0 Å². The predicted octanol–water partition coefficient (Wildman–Crippen LogP) is 4.70. The third kappa shape index (κ3) is 3.61. The molecule has 3 aromatic carbocycles. The minimum Gasteiger partial charge on any atom is -0.399 e. The first-order valence-electron chi connectivity index (χ1n) is 7.88. The summed E-state index contributed by atoms with van der Waals surface area (Å²) in [5.74, 6) is 0. The van der Waals surface area contributed by atoms with Gasteiger partial charge >= 0.3 is 0 Å². The molecule has 0 aromatic heterocycles. The highest BCUT2D eigenvalue weighted by Gasteiger charge is 2.18. The molecule has 0 amide bonds. The Hall–Kier alpha value is -2.58. The maximum atomic E-state index is 5.75. The Labute approximate surface area is 138 Å². The number of nitrogen functional groups attached to an aromatic ring is 1. The average Bonchev–Trinajstić information content (AvgIpc) is 2.57. The first-order chi connectivity index (χ1) is 11.0. The van der Waals surface area contributed by atoms with Crippen molar-refractivity contribution in [3.8, 4) is 11.1 Å². The molecule has 2 nitrogen and oxygen atoms in total. The molecule has 0 heterocycles. The van der Waals surface area contributed by atoms with E-state index in [2.05, 4.69) is 80.8 Å². The van der Waals surface area contributed by atoms with Gasteiger partial charge in [-0.05, 0) is 35.4 Å². The highest BCUT2D eigenvalue weighted by molar-refractivity contribution is 5.65. The van der Waals surface area contributed by atoms with Crippen molar-refractivity contribution in [1.82, 2.24) is 4.48 Å². The van der Waals surface area contributed by atoms with Crippen LogP contribution in [0, 0.1) is 0 Å². The lowest BCUT2D eigenvalue weighted by Crippen LogP contribution is -2.39. The Morgan fingerprint density at radius 3 is 1.78 bits per heavy atom. The first-order valence-corrected chi connectivity index (χ1v) is 7.88. The van der Waals surface area contributed by atoms with Gasteiger partial charge in [0.05, 0.1) is 14.1 Å². The lowest BCUT2D eigenvalue weighted by molar-refractivity contribution is 0.392. The van der Waals surface area contributed by atoms with Crippen molar-refractivity contribution in [2.24, 2.45) is 0 Å². The summed E-state index contributed by atoms with van der Waals surface area (Å²) in [4.78, 5) is 0. The molecule has 0 atom stereocenters. The average molecular weight is 303 g/mol. The van der Waals surface area contributed by atoms with Crippen LogP contribution < -0.4 is 10.2 Å². The minimum absolute atomic E-state index is 0.798. The SMILES string of the molecule is C[N+](C)(Cc1ccc(-c2ccc(N)cc2)cc1)c1ccccc1. The standard InChI is InChI=1S/C21H23N2/c1-23(2,21-6-4-3-5-7-21)16-17-8-10-18(11-9-17)19-12-14-20(22)15-13-19/h3-15H,16,22H2,1-2H3/q+1. The summed E-state index contributed by atoms with van der Waals surface area (Å²) in [5.41, 5.74) is 11.6. The number of rotatable bonds is 4. The molecule has 0 saturated carbocycles. The van der Waals surface area contributed by atoms with Gasteiger partial charge in [-0.3, -0.25) is 4.48 Å². The zero-order valence-electron chi connectivity index (χ0n) is 13.7.